The SMILES string of the molecule is CCCCC(CN)NC(=O)c1cc([N+](=O)[O-])c(C)s1.Cl. The third kappa shape index (κ3) is 5.07. The van der Waals surface area contributed by atoms with Crippen LogP contribution in [-0.2, 0) is 0 Å². The number of thiophene rings is 1. The zero-order valence-corrected chi connectivity index (χ0v) is 13.2. The first-order valence-corrected chi connectivity index (χ1v) is 7.07. The summed E-state index contributed by atoms with van der Waals surface area (Å²) in [6.07, 6.45) is 2.85. The number of rotatable bonds is 7. The molecule has 0 radical (unpaired) electrons. The molecule has 1 amide bonds. The summed E-state index contributed by atoms with van der Waals surface area (Å²) in [4.78, 5) is 23.1. The van der Waals surface area contributed by atoms with E-state index in [1.54, 1.807) is 6.92 Å². The first kappa shape index (κ1) is 18.8. The molecule has 20 heavy (non-hydrogen) atoms. The Balaban J connectivity index is 0.00000361. The predicted octanol–water partition coefficient (Wildman–Crippen LogP) is 2.63. The number of nitrogens with two attached hydrogens (primary N) is 1. The van der Waals surface area contributed by atoms with Crippen LogP contribution in [0.5, 0.6) is 0 Å². The maximum absolute atomic E-state index is 12.0. The fraction of sp³-hybridized carbons (Fsp3) is 0.583. The molecule has 0 saturated heterocycles. The average molecular weight is 322 g/mol. The van der Waals surface area contributed by atoms with Crippen molar-refractivity contribution in [2.45, 2.75) is 39.2 Å². The van der Waals surface area contributed by atoms with Crippen molar-refractivity contribution < 1.29 is 9.72 Å². The molecule has 1 aromatic rings. The number of amides is 1. The molecule has 0 aromatic carbocycles. The molecule has 0 spiro atoms. The molecule has 0 bridgehead atoms. The monoisotopic (exact) mass is 321 g/mol. The number of carbonyl (C=O) groups is 1. The molecule has 0 fully saturated rings. The van der Waals surface area contributed by atoms with Crippen molar-refractivity contribution >= 4 is 35.3 Å². The maximum Gasteiger partial charge on any atom is 0.283 e. The van der Waals surface area contributed by atoms with Crippen LogP contribution in [0.1, 0.15) is 40.7 Å². The molecule has 0 saturated carbocycles. The first-order valence-electron chi connectivity index (χ1n) is 6.25. The number of nitrogens with one attached hydrogen (secondary N) is 1. The van der Waals surface area contributed by atoms with Gasteiger partial charge in [-0.05, 0) is 13.3 Å². The van der Waals surface area contributed by atoms with Crippen LogP contribution in [0.4, 0.5) is 5.69 Å². The highest BCUT2D eigenvalue weighted by Crippen LogP contribution is 2.27. The van der Waals surface area contributed by atoms with E-state index in [1.807, 2.05) is 0 Å². The number of nitro groups is 1. The van der Waals surface area contributed by atoms with E-state index in [2.05, 4.69) is 12.2 Å². The van der Waals surface area contributed by atoms with Crippen LogP contribution in [0.15, 0.2) is 6.07 Å². The summed E-state index contributed by atoms with van der Waals surface area (Å²) in [5, 5.41) is 13.6. The fourth-order valence-electron chi connectivity index (χ4n) is 1.72. The van der Waals surface area contributed by atoms with Gasteiger partial charge in [0, 0.05) is 18.7 Å². The Kier molecular flexibility index (Phi) is 8.36. The van der Waals surface area contributed by atoms with Crippen LogP contribution in [0.25, 0.3) is 0 Å². The van der Waals surface area contributed by atoms with Crippen molar-refractivity contribution in [3.63, 3.8) is 0 Å². The Morgan fingerprint density at radius 1 is 1.60 bits per heavy atom. The Morgan fingerprint density at radius 3 is 2.70 bits per heavy atom. The van der Waals surface area contributed by atoms with Crippen LogP contribution in [0, 0.1) is 17.0 Å². The minimum absolute atomic E-state index is 0. The average Bonchev–Trinajstić information content (AvgIpc) is 2.76. The lowest BCUT2D eigenvalue weighted by molar-refractivity contribution is -0.385. The summed E-state index contributed by atoms with van der Waals surface area (Å²) < 4.78 is 0. The molecular formula is C12H20ClN3O3S. The van der Waals surface area contributed by atoms with Gasteiger partial charge in [-0.1, -0.05) is 19.8 Å². The molecule has 6 nitrogen and oxygen atoms in total. The van der Waals surface area contributed by atoms with Crippen molar-refractivity contribution in [3.05, 3.63) is 25.9 Å². The number of carbonyl (C=O) groups excluding carboxylic acids is 1. The zero-order valence-electron chi connectivity index (χ0n) is 11.5. The summed E-state index contributed by atoms with van der Waals surface area (Å²) in [6.45, 7) is 4.08. The molecule has 1 unspecified atom stereocenters. The molecule has 114 valence electrons. The van der Waals surface area contributed by atoms with E-state index >= 15 is 0 Å². The number of aryl methyl sites for hydroxylation is 1. The highest BCUT2D eigenvalue weighted by atomic mass is 35.5. The number of hydrogen-bond donors (Lipinski definition) is 2. The molecular weight excluding hydrogens is 302 g/mol. The third-order valence-electron chi connectivity index (χ3n) is 2.84. The van der Waals surface area contributed by atoms with E-state index < -0.39 is 4.92 Å². The van der Waals surface area contributed by atoms with Gasteiger partial charge < -0.3 is 11.1 Å². The fourth-order valence-corrected chi connectivity index (χ4v) is 2.61. The molecule has 0 aliphatic heterocycles. The van der Waals surface area contributed by atoms with E-state index in [0.717, 1.165) is 30.6 Å². The van der Waals surface area contributed by atoms with Gasteiger partial charge in [-0.15, -0.1) is 23.7 Å². The lowest BCUT2D eigenvalue weighted by Gasteiger charge is -2.15. The van der Waals surface area contributed by atoms with Gasteiger partial charge in [0.05, 0.1) is 14.7 Å². The largest absolute Gasteiger partial charge is 0.347 e. The summed E-state index contributed by atoms with van der Waals surface area (Å²) in [7, 11) is 0. The first-order chi connectivity index (χ1) is 8.99. The van der Waals surface area contributed by atoms with Crippen LogP contribution in [0.3, 0.4) is 0 Å². The van der Waals surface area contributed by atoms with E-state index in [9.17, 15) is 14.9 Å². The van der Waals surface area contributed by atoms with E-state index in [-0.39, 0.29) is 30.0 Å². The van der Waals surface area contributed by atoms with Gasteiger partial charge in [0.2, 0.25) is 0 Å². The minimum Gasteiger partial charge on any atom is -0.347 e. The van der Waals surface area contributed by atoms with Crippen molar-refractivity contribution in [3.8, 4) is 0 Å². The summed E-state index contributed by atoms with van der Waals surface area (Å²) in [5.41, 5.74) is 5.60. The number of halogens is 1. The molecule has 1 rings (SSSR count). The van der Waals surface area contributed by atoms with Crippen LogP contribution < -0.4 is 11.1 Å². The molecule has 8 heteroatoms. The third-order valence-corrected chi connectivity index (χ3v) is 3.88. The topological polar surface area (TPSA) is 98.3 Å². The van der Waals surface area contributed by atoms with Gasteiger partial charge in [0.25, 0.3) is 11.6 Å². The molecule has 1 atom stereocenters. The maximum atomic E-state index is 12.0. The van der Waals surface area contributed by atoms with Gasteiger partial charge in [-0.3, -0.25) is 14.9 Å². The lowest BCUT2D eigenvalue weighted by atomic mass is 10.1. The molecule has 1 heterocycles. The molecule has 3 N–H and O–H groups in total. The Bertz CT molecular complexity index is 465. The van der Waals surface area contributed by atoms with Gasteiger partial charge in [0.15, 0.2) is 0 Å². The highest BCUT2D eigenvalue weighted by molar-refractivity contribution is 7.14. The van der Waals surface area contributed by atoms with Gasteiger partial charge in [-0.2, -0.15) is 0 Å². The van der Waals surface area contributed by atoms with E-state index in [0.29, 0.717) is 16.3 Å². The smallest absolute Gasteiger partial charge is 0.283 e. The normalized spacial score (nSPS) is 11.6. The van der Waals surface area contributed by atoms with Crippen molar-refractivity contribution in [2.24, 2.45) is 5.73 Å². The molecule has 1 aromatic heterocycles. The van der Waals surface area contributed by atoms with E-state index in [4.69, 9.17) is 5.73 Å². The Morgan fingerprint density at radius 2 is 2.25 bits per heavy atom. The minimum atomic E-state index is -0.472. The second-order valence-corrected chi connectivity index (χ2v) is 5.61. The van der Waals surface area contributed by atoms with Crippen molar-refractivity contribution in [1.82, 2.24) is 5.32 Å². The standard InChI is InChI=1S/C12H19N3O3S.ClH/c1-3-4-5-9(7-13)14-12(16)11-6-10(15(17)18)8(2)19-11;/h6,9H,3-5,7,13H2,1-2H3,(H,14,16);1H. The lowest BCUT2D eigenvalue weighted by Crippen LogP contribution is -2.39. The molecule has 0 aliphatic carbocycles. The summed E-state index contributed by atoms with van der Waals surface area (Å²) >= 11 is 1.13. The van der Waals surface area contributed by atoms with Crippen LogP contribution in [0.2, 0.25) is 0 Å². The van der Waals surface area contributed by atoms with Gasteiger partial charge in [0.1, 0.15) is 0 Å². The Hall–Kier alpha value is -1.18. The second kappa shape index (κ2) is 8.89. The Labute approximate surface area is 128 Å². The zero-order chi connectivity index (χ0) is 14.4. The predicted molar refractivity (Wildman–Crippen MR) is 82.8 cm³/mol. The second-order valence-electron chi connectivity index (χ2n) is 4.36. The van der Waals surface area contributed by atoms with Gasteiger partial charge >= 0.3 is 0 Å². The number of hydrogen-bond acceptors (Lipinski definition) is 5. The number of unbranched alkanes of at least 4 members (excludes halogenated alkanes) is 1. The quantitative estimate of drug-likeness (QED) is 0.595. The summed E-state index contributed by atoms with van der Waals surface area (Å²) in [5.74, 6) is -0.284. The van der Waals surface area contributed by atoms with E-state index in [1.165, 1.54) is 6.07 Å². The van der Waals surface area contributed by atoms with Crippen LogP contribution in [-0.4, -0.2) is 23.4 Å². The van der Waals surface area contributed by atoms with Crippen molar-refractivity contribution in [2.75, 3.05) is 6.54 Å². The number of nitrogens with zero attached hydrogens (tertiary/aromatic N) is 1. The van der Waals surface area contributed by atoms with Crippen molar-refractivity contribution in [1.29, 1.82) is 0 Å². The highest BCUT2D eigenvalue weighted by Gasteiger charge is 2.20. The summed E-state index contributed by atoms with van der Waals surface area (Å²) in [6, 6.07) is 1.25. The van der Waals surface area contributed by atoms with Crippen LogP contribution >= 0.6 is 23.7 Å². The van der Waals surface area contributed by atoms with Gasteiger partial charge in [-0.25, -0.2) is 0 Å². The molecule has 0 aliphatic rings.